The zero-order valence-corrected chi connectivity index (χ0v) is 18.3. The molecule has 0 aliphatic heterocycles. The Hall–Kier alpha value is -3.85. The number of nitrogens with one attached hydrogen (secondary N) is 4. The maximum atomic E-state index is 12.2. The van der Waals surface area contributed by atoms with Crippen molar-refractivity contribution in [3.8, 4) is 5.75 Å². The number of thiophene rings is 1. The molecule has 4 N–H and O–H groups in total. The summed E-state index contributed by atoms with van der Waals surface area (Å²) in [6.07, 6.45) is 0. The third-order valence-corrected chi connectivity index (χ3v) is 5.14. The molecule has 166 valence electrons. The zero-order chi connectivity index (χ0) is 22.8. The topological polar surface area (TPSA) is 109 Å². The lowest BCUT2D eigenvalue weighted by Crippen LogP contribution is -2.34. The van der Waals surface area contributed by atoms with Gasteiger partial charge in [0.25, 0.3) is 11.8 Å². The molecule has 3 rings (SSSR count). The Morgan fingerprint density at radius 2 is 1.41 bits per heavy atom. The number of carbonyl (C=O) groups excluding carboxylic acids is 3. The van der Waals surface area contributed by atoms with Gasteiger partial charge in [-0.15, -0.1) is 11.3 Å². The van der Waals surface area contributed by atoms with Crippen molar-refractivity contribution in [1.29, 1.82) is 0 Å². The molecule has 3 aromatic rings. The standard InChI is InChI=1S/C23H24N4O4S/c1-2-31-19-11-9-18(10-12-19)27-23(30)26-17-7-5-16(6-8-17)21(28)24-13-14-25-22(29)20-4-3-15-32-20/h3-12,15H,2,13-14H2,1H3,(H,24,28)(H,25,29)(H2,26,27,30). The Labute approximate surface area is 190 Å². The van der Waals surface area contributed by atoms with Crippen LogP contribution in [-0.2, 0) is 0 Å². The number of benzene rings is 2. The Bertz CT molecular complexity index is 1030. The summed E-state index contributed by atoms with van der Waals surface area (Å²) in [6.45, 7) is 3.11. The highest BCUT2D eigenvalue weighted by Gasteiger charge is 2.08. The molecule has 0 saturated heterocycles. The van der Waals surface area contributed by atoms with Crippen molar-refractivity contribution in [2.24, 2.45) is 0 Å². The summed E-state index contributed by atoms with van der Waals surface area (Å²) in [5.74, 6) is 0.311. The molecule has 0 unspecified atom stereocenters. The summed E-state index contributed by atoms with van der Waals surface area (Å²) in [6, 6.07) is 16.7. The molecular weight excluding hydrogens is 428 g/mol. The van der Waals surface area contributed by atoms with Gasteiger partial charge in [-0.25, -0.2) is 4.79 Å². The predicted molar refractivity (Wildman–Crippen MR) is 126 cm³/mol. The predicted octanol–water partition coefficient (Wildman–Crippen LogP) is 3.95. The third kappa shape index (κ3) is 6.85. The molecule has 1 heterocycles. The first kappa shape index (κ1) is 22.8. The van der Waals surface area contributed by atoms with Crippen LogP contribution >= 0.6 is 11.3 Å². The Balaban J connectivity index is 1.41. The Morgan fingerprint density at radius 3 is 1.97 bits per heavy atom. The average molecular weight is 453 g/mol. The molecule has 2 aromatic carbocycles. The Morgan fingerprint density at radius 1 is 0.812 bits per heavy atom. The summed E-state index contributed by atoms with van der Waals surface area (Å²) in [4.78, 5) is 36.9. The van der Waals surface area contributed by atoms with E-state index in [9.17, 15) is 14.4 Å². The molecule has 0 saturated carbocycles. The maximum absolute atomic E-state index is 12.2. The van der Waals surface area contributed by atoms with Crippen LogP contribution in [0, 0.1) is 0 Å². The van der Waals surface area contributed by atoms with Crippen LogP contribution in [0.1, 0.15) is 27.0 Å². The SMILES string of the molecule is CCOc1ccc(NC(=O)Nc2ccc(C(=O)NCCNC(=O)c3cccs3)cc2)cc1. The lowest BCUT2D eigenvalue weighted by atomic mass is 10.2. The van der Waals surface area contributed by atoms with Gasteiger partial charge in [-0.05, 0) is 66.9 Å². The molecule has 9 heteroatoms. The molecule has 1 aromatic heterocycles. The van der Waals surface area contributed by atoms with E-state index in [0.717, 1.165) is 5.75 Å². The molecular formula is C23H24N4O4S. The summed E-state index contributed by atoms with van der Waals surface area (Å²) in [5, 5.41) is 12.8. The fraction of sp³-hybridized carbons (Fsp3) is 0.174. The van der Waals surface area contributed by atoms with E-state index < -0.39 is 6.03 Å². The molecule has 0 atom stereocenters. The lowest BCUT2D eigenvalue weighted by Gasteiger charge is -2.10. The van der Waals surface area contributed by atoms with Crippen LogP contribution in [0.25, 0.3) is 0 Å². The van der Waals surface area contributed by atoms with E-state index in [1.54, 1.807) is 54.6 Å². The van der Waals surface area contributed by atoms with Gasteiger partial charge in [0.2, 0.25) is 0 Å². The maximum Gasteiger partial charge on any atom is 0.323 e. The third-order valence-electron chi connectivity index (χ3n) is 4.27. The number of hydrogen-bond acceptors (Lipinski definition) is 5. The number of ether oxygens (including phenoxy) is 1. The molecule has 0 radical (unpaired) electrons. The zero-order valence-electron chi connectivity index (χ0n) is 17.5. The number of rotatable bonds is 9. The first-order valence-corrected chi connectivity index (χ1v) is 10.9. The van der Waals surface area contributed by atoms with Gasteiger partial charge < -0.3 is 26.0 Å². The minimum atomic E-state index is -0.396. The van der Waals surface area contributed by atoms with E-state index >= 15 is 0 Å². The minimum absolute atomic E-state index is 0.159. The van der Waals surface area contributed by atoms with Gasteiger partial charge in [0.1, 0.15) is 5.75 Å². The van der Waals surface area contributed by atoms with Crippen LogP contribution in [0.4, 0.5) is 16.2 Å². The fourth-order valence-electron chi connectivity index (χ4n) is 2.75. The second kappa shape index (κ2) is 11.5. The van der Waals surface area contributed by atoms with Crippen LogP contribution in [0.2, 0.25) is 0 Å². The number of carbonyl (C=O) groups is 3. The summed E-state index contributed by atoms with van der Waals surface area (Å²) in [7, 11) is 0. The van der Waals surface area contributed by atoms with Crippen LogP contribution in [0.3, 0.4) is 0 Å². The van der Waals surface area contributed by atoms with E-state index in [1.165, 1.54) is 11.3 Å². The van der Waals surface area contributed by atoms with Gasteiger partial charge in [0.05, 0.1) is 11.5 Å². The lowest BCUT2D eigenvalue weighted by molar-refractivity contribution is 0.0929. The van der Waals surface area contributed by atoms with Gasteiger partial charge in [-0.2, -0.15) is 0 Å². The van der Waals surface area contributed by atoms with Gasteiger partial charge in [0, 0.05) is 30.0 Å². The summed E-state index contributed by atoms with van der Waals surface area (Å²) in [5.41, 5.74) is 1.63. The highest BCUT2D eigenvalue weighted by Crippen LogP contribution is 2.16. The molecule has 0 bridgehead atoms. The molecule has 32 heavy (non-hydrogen) atoms. The largest absolute Gasteiger partial charge is 0.494 e. The van der Waals surface area contributed by atoms with Crippen molar-refractivity contribution >= 4 is 40.6 Å². The van der Waals surface area contributed by atoms with Gasteiger partial charge in [-0.3, -0.25) is 9.59 Å². The second-order valence-electron chi connectivity index (χ2n) is 6.60. The van der Waals surface area contributed by atoms with Crippen LogP contribution in [0.5, 0.6) is 5.75 Å². The molecule has 4 amide bonds. The van der Waals surface area contributed by atoms with Crippen molar-refractivity contribution in [2.75, 3.05) is 30.3 Å². The summed E-state index contributed by atoms with van der Waals surface area (Å²) >= 11 is 1.36. The number of amides is 4. The van der Waals surface area contributed by atoms with Crippen LogP contribution < -0.4 is 26.0 Å². The second-order valence-corrected chi connectivity index (χ2v) is 7.55. The fourth-order valence-corrected chi connectivity index (χ4v) is 3.39. The van der Waals surface area contributed by atoms with E-state index in [2.05, 4.69) is 21.3 Å². The average Bonchev–Trinajstić information content (AvgIpc) is 3.33. The molecule has 0 aliphatic carbocycles. The monoisotopic (exact) mass is 452 g/mol. The van der Waals surface area contributed by atoms with Crippen LogP contribution in [0.15, 0.2) is 66.0 Å². The normalized spacial score (nSPS) is 10.2. The Kier molecular flexibility index (Phi) is 8.22. The minimum Gasteiger partial charge on any atom is -0.494 e. The van der Waals surface area contributed by atoms with E-state index in [4.69, 9.17) is 4.74 Å². The quantitative estimate of drug-likeness (QED) is 0.369. The smallest absolute Gasteiger partial charge is 0.323 e. The molecule has 8 nitrogen and oxygen atoms in total. The number of hydrogen-bond donors (Lipinski definition) is 4. The van der Waals surface area contributed by atoms with Gasteiger partial charge in [0.15, 0.2) is 0 Å². The van der Waals surface area contributed by atoms with Crippen molar-refractivity contribution in [2.45, 2.75) is 6.92 Å². The number of anilines is 2. The van der Waals surface area contributed by atoms with Crippen molar-refractivity contribution < 1.29 is 19.1 Å². The molecule has 0 aliphatic rings. The van der Waals surface area contributed by atoms with E-state index in [1.807, 2.05) is 18.4 Å². The first-order valence-electron chi connectivity index (χ1n) is 10.1. The molecule has 0 spiro atoms. The van der Waals surface area contributed by atoms with Crippen molar-refractivity contribution in [3.63, 3.8) is 0 Å². The van der Waals surface area contributed by atoms with Gasteiger partial charge >= 0.3 is 6.03 Å². The highest BCUT2D eigenvalue weighted by atomic mass is 32.1. The van der Waals surface area contributed by atoms with E-state index in [0.29, 0.717) is 41.5 Å². The van der Waals surface area contributed by atoms with E-state index in [-0.39, 0.29) is 11.8 Å². The summed E-state index contributed by atoms with van der Waals surface area (Å²) < 4.78 is 5.37. The van der Waals surface area contributed by atoms with Crippen molar-refractivity contribution in [1.82, 2.24) is 10.6 Å². The molecule has 0 fully saturated rings. The van der Waals surface area contributed by atoms with Gasteiger partial charge in [-0.1, -0.05) is 6.07 Å². The van der Waals surface area contributed by atoms with Crippen LogP contribution in [-0.4, -0.2) is 37.5 Å². The number of urea groups is 1. The first-order chi connectivity index (χ1) is 15.5. The van der Waals surface area contributed by atoms with Crippen molar-refractivity contribution in [3.05, 3.63) is 76.5 Å². The highest BCUT2D eigenvalue weighted by molar-refractivity contribution is 7.12.